The maximum absolute atomic E-state index is 12.1. The zero-order valence-corrected chi connectivity index (χ0v) is 13.2. The minimum absolute atomic E-state index is 0.189. The number of hydrogen-bond donors (Lipinski definition) is 2. The third-order valence-corrected chi connectivity index (χ3v) is 3.24. The van der Waals surface area contributed by atoms with Crippen LogP contribution in [0, 0.1) is 0 Å². The minimum atomic E-state index is -0.189. The van der Waals surface area contributed by atoms with Crippen molar-refractivity contribution in [2.45, 2.75) is 13.3 Å². The molecule has 2 aromatic heterocycles. The van der Waals surface area contributed by atoms with E-state index in [1.54, 1.807) is 6.20 Å². The summed E-state index contributed by atoms with van der Waals surface area (Å²) in [6.07, 6.45) is 1.90. The van der Waals surface area contributed by atoms with Crippen LogP contribution in [0.1, 0.15) is 12.5 Å². The van der Waals surface area contributed by atoms with Crippen molar-refractivity contribution in [2.75, 3.05) is 11.9 Å². The normalized spacial score (nSPS) is 10.4. The fourth-order valence-corrected chi connectivity index (χ4v) is 2.16. The van der Waals surface area contributed by atoms with Crippen LogP contribution in [0.2, 0.25) is 0 Å². The molecule has 0 radical (unpaired) electrons. The zero-order chi connectivity index (χ0) is 16.8. The Balaban J connectivity index is 1.60. The molecule has 1 amide bonds. The Morgan fingerprint density at radius 2 is 2.04 bits per heavy atom. The van der Waals surface area contributed by atoms with Crippen LogP contribution in [-0.2, 0) is 11.2 Å². The number of carbonyl (C=O) groups is 1. The van der Waals surface area contributed by atoms with Gasteiger partial charge in [-0.25, -0.2) is 0 Å². The number of H-pyrrole nitrogens is 1. The van der Waals surface area contributed by atoms with Gasteiger partial charge in [-0.1, -0.05) is 18.2 Å². The lowest BCUT2D eigenvalue weighted by Crippen LogP contribution is -2.15. The molecule has 1 aromatic carbocycles. The molecular weight excluding hydrogens is 306 g/mol. The van der Waals surface area contributed by atoms with Gasteiger partial charge in [-0.2, -0.15) is 4.98 Å². The standard InChI is InChI=1S/C17H17N5O2/c1-2-24-13-8-6-12(7-9-13)11-15(23)19-17-20-16(21-22-17)14-5-3-4-10-18-14/h3-10H,2,11H2,1H3,(H2,19,20,21,22,23). The molecule has 0 unspecified atom stereocenters. The van der Waals surface area contributed by atoms with E-state index in [9.17, 15) is 4.79 Å². The minimum Gasteiger partial charge on any atom is -0.494 e. The van der Waals surface area contributed by atoms with Crippen molar-refractivity contribution in [2.24, 2.45) is 0 Å². The molecule has 0 saturated heterocycles. The number of nitrogens with zero attached hydrogens (tertiary/aromatic N) is 3. The van der Waals surface area contributed by atoms with Gasteiger partial charge in [0.2, 0.25) is 11.9 Å². The molecule has 0 fully saturated rings. The Morgan fingerprint density at radius 3 is 2.75 bits per heavy atom. The molecular formula is C17H17N5O2. The van der Waals surface area contributed by atoms with Crippen LogP contribution in [0.4, 0.5) is 5.95 Å². The van der Waals surface area contributed by atoms with Gasteiger partial charge in [-0.15, -0.1) is 5.10 Å². The van der Waals surface area contributed by atoms with Gasteiger partial charge in [0.25, 0.3) is 0 Å². The summed E-state index contributed by atoms with van der Waals surface area (Å²) in [7, 11) is 0. The van der Waals surface area contributed by atoms with Crippen LogP contribution < -0.4 is 10.1 Å². The summed E-state index contributed by atoms with van der Waals surface area (Å²) in [5, 5.41) is 9.41. The molecule has 2 N–H and O–H groups in total. The fraction of sp³-hybridized carbons (Fsp3) is 0.176. The molecule has 2 heterocycles. The average molecular weight is 323 g/mol. The van der Waals surface area contributed by atoms with Crippen molar-refractivity contribution in [3.8, 4) is 17.3 Å². The van der Waals surface area contributed by atoms with Crippen molar-refractivity contribution in [1.29, 1.82) is 0 Å². The quantitative estimate of drug-likeness (QED) is 0.727. The van der Waals surface area contributed by atoms with E-state index < -0.39 is 0 Å². The monoisotopic (exact) mass is 323 g/mol. The highest BCUT2D eigenvalue weighted by molar-refractivity contribution is 5.90. The maximum atomic E-state index is 12.1. The Morgan fingerprint density at radius 1 is 1.21 bits per heavy atom. The van der Waals surface area contributed by atoms with E-state index in [0.29, 0.717) is 18.1 Å². The van der Waals surface area contributed by atoms with Gasteiger partial charge in [0, 0.05) is 6.20 Å². The highest BCUT2D eigenvalue weighted by Crippen LogP contribution is 2.14. The Labute approximate surface area is 139 Å². The van der Waals surface area contributed by atoms with Gasteiger partial charge in [-0.3, -0.25) is 20.2 Å². The number of aromatic amines is 1. The van der Waals surface area contributed by atoms with E-state index in [2.05, 4.69) is 25.5 Å². The van der Waals surface area contributed by atoms with Crippen LogP contribution in [0.3, 0.4) is 0 Å². The first kappa shape index (κ1) is 15.7. The molecule has 3 aromatic rings. The number of amides is 1. The van der Waals surface area contributed by atoms with Gasteiger partial charge in [-0.05, 0) is 36.8 Å². The third kappa shape index (κ3) is 3.95. The van der Waals surface area contributed by atoms with Crippen LogP contribution >= 0.6 is 0 Å². The second-order valence-electron chi connectivity index (χ2n) is 5.02. The topological polar surface area (TPSA) is 92.8 Å². The second kappa shape index (κ2) is 7.36. The first-order chi connectivity index (χ1) is 11.7. The Hall–Kier alpha value is -3.22. The van der Waals surface area contributed by atoms with Crippen LogP contribution in [0.25, 0.3) is 11.5 Å². The number of pyridine rings is 1. The van der Waals surface area contributed by atoms with Crippen molar-refractivity contribution >= 4 is 11.9 Å². The molecule has 0 aliphatic heterocycles. The van der Waals surface area contributed by atoms with Gasteiger partial charge in [0.05, 0.1) is 13.0 Å². The predicted octanol–water partition coefficient (Wildman–Crippen LogP) is 2.45. The van der Waals surface area contributed by atoms with Crippen molar-refractivity contribution < 1.29 is 9.53 Å². The smallest absolute Gasteiger partial charge is 0.249 e. The number of anilines is 1. The van der Waals surface area contributed by atoms with E-state index in [1.165, 1.54) is 0 Å². The molecule has 0 spiro atoms. The van der Waals surface area contributed by atoms with Crippen LogP contribution in [-0.4, -0.2) is 32.7 Å². The summed E-state index contributed by atoms with van der Waals surface area (Å²) in [6.45, 7) is 2.54. The molecule has 0 aliphatic rings. The molecule has 0 saturated carbocycles. The van der Waals surface area contributed by atoms with Gasteiger partial charge >= 0.3 is 0 Å². The lowest BCUT2D eigenvalue weighted by Gasteiger charge is -2.04. The van der Waals surface area contributed by atoms with Crippen molar-refractivity contribution in [3.05, 3.63) is 54.2 Å². The number of hydrogen-bond acceptors (Lipinski definition) is 5. The van der Waals surface area contributed by atoms with Crippen LogP contribution in [0.15, 0.2) is 48.7 Å². The molecule has 7 nitrogen and oxygen atoms in total. The molecule has 24 heavy (non-hydrogen) atoms. The molecule has 0 aliphatic carbocycles. The molecule has 122 valence electrons. The van der Waals surface area contributed by atoms with Crippen molar-refractivity contribution in [1.82, 2.24) is 20.2 Å². The van der Waals surface area contributed by atoms with E-state index in [4.69, 9.17) is 4.74 Å². The largest absolute Gasteiger partial charge is 0.494 e. The average Bonchev–Trinajstić information content (AvgIpc) is 3.06. The number of rotatable bonds is 6. The molecule has 0 bridgehead atoms. The second-order valence-corrected chi connectivity index (χ2v) is 5.02. The maximum Gasteiger partial charge on any atom is 0.249 e. The number of nitrogens with one attached hydrogen (secondary N) is 2. The lowest BCUT2D eigenvalue weighted by molar-refractivity contribution is -0.115. The van der Waals surface area contributed by atoms with E-state index in [1.807, 2.05) is 49.4 Å². The van der Waals surface area contributed by atoms with Gasteiger partial charge in [0.15, 0.2) is 5.82 Å². The summed E-state index contributed by atoms with van der Waals surface area (Å²) >= 11 is 0. The fourth-order valence-electron chi connectivity index (χ4n) is 2.16. The first-order valence-electron chi connectivity index (χ1n) is 7.60. The Kier molecular flexibility index (Phi) is 4.81. The summed E-state index contributed by atoms with van der Waals surface area (Å²) in [6, 6.07) is 12.9. The molecule has 7 heteroatoms. The van der Waals surface area contributed by atoms with Crippen molar-refractivity contribution in [3.63, 3.8) is 0 Å². The number of ether oxygens (including phenoxy) is 1. The summed E-state index contributed by atoms with van der Waals surface area (Å²) in [5.74, 6) is 1.33. The van der Waals surface area contributed by atoms with E-state index in [-0.39, 0.29) is 18.3 Å². The summed E-state index contributed by atoms with van der Waals surface area (Å²) in [4.78, 5) is 20.5. The van der Waals surface area contributed by atoms with Crippen LogP contribution in [0.5, 0.6) is 5.75 Å². The highest BCUT2D eigenvalue weighted by atomic mass is 16.5. The Bertz CT molecular complexity index is 799. The predicted molar refractivity (Wildman–Crippen MR) is 89.6 cm³/mol. The SMILES string of the molecule is CCOc1ccc(CC(=O)Nc2n[nH]c(-c3ccccn3)n2)cc1. The summed E-state index contributed by atoms with van der Waals surface area (Å²) in [5.41, 5.74) is 1.55. The van der Waals surface area contributed by atoms with E-state index >= 15 is 0 Å². The zero-order valence-electron chi connectivity index (χ0n) is 13.2. The number of aromatic nitrogens is 4. The summed E-state index contributed by atoms with van der Waals surface area (Å²) < 4.78 is 5.38. The van der Waals surface area contributed by atoms with Gasteiger partial charge < -0.3 is 4.74 Å². The lowest BCUT2D eigenvalue weighted by atomic mass is 10.1. The number of carbonyl (C=O) groups excluding carboxylic acids is 1. The van der Waals surface area contributed by atoms with Gasteiger partial charge in [0.1, 0.15) is 11.4 Å². The third-order valence-electron chi connectivity index (χ3n) is 3.24. The highest BCUT2D eigenvalue weighted by Gasteiger charge is 2.10. The number of benzene rings is 1. The molecule has 3 rings (SSSR count). The molecule has 0 atom stereocenters. The van der Waals surface area contributed by atoms with E-state index in [0.717, 1.165) is 11.3 Å². The first-order valence-corrected chi connectivity index (χ1v) is 7.60.